The Kier molecular flexibility index (Phi) is 5.24. The maximum atomic E-state index is 11.9. The summed E-state index contributed by atoms with van der Waals surface area (Å²) in [5.74, 6) is 0.850. The molecule has 1 aliphatic heterocycles. The van der Waals surface area contributed by atoms with Crippen LogP contribution in [0, 0.1) is 0 Å². The third-order valence-electron chi connectivity index (χ3n) is 3.45. The highest BCUT2D eigenvalue weighted by Gasteiger charge is 2.32. The first kappa shape index (κ1) is 14.7. The molecule has 1 fully saturated rings. The lowest BCUT2D eigenvalue weighted by Gasteiger charge is -2.39. The first-order valence-electron chi connectivity index (χ1n) is 7.00. The van der Waals surface area contributed by atoms with Crippen LogP contribution in [-0.2, 0) is 4.74 Å². The lowest BCUT2D eigenvalue weighted by atomic mass is 10.2. The van der Waals surface area contributed by atoms with Crippen LogP contribution in [0.15, 0.2) is 30.3 Å². The molecule has 0 aliphatic carbocycles. The number of amides is 2. The number of carbonyl (C=O) groups excluding carboxylic acids is 1. The number of para-hydroxylation sites is 1. The maximum absolute atomic E-state index is 11.9. The van der Waals surface area contributed by atoms with Crippen LogP contribution in [0.5, 0.6) is 5.75 Å². The van der Waals surface area contributed by atoms with Crippen molar-refractivity contribution in [1.82, 2.24) is 10.2 Å². The zero-order chi connectivity index (χ0) is 14.4. The second-order valence-electron chi connectivity index (χ2n) is 4.91. The van der Waals surface area contributed by atoms with E-state index in [-0.39, 0.29) is 18.2 Å². The Morgan fingerprint density at radius 2 is 2.10 bits per heavy atom. The number of rotatable bonds is 6. The standard InChI is InChI=1S/C15H22N2O3/c1-3-12(19-2)9-16-15(18)17-10-14(11-17)20-13-7-5-4-6-8-13/h4-8,12,14H,3,9-11H2,1-2H3,(H,16,18)/t12-/m1/s1. The van der Waals surface area contributed by atoms with Crippen molar-refractivity contribution >= 4 is 6.03 Å². The topological polar surface area (TPSA) is 50.8 Å². The summed E-state index contributed by atoms with van der Waals surface area (Å²) in [6, 6.07) is 9.63. The van der Waals surface area contributed by atoms with E-state index in [2.05, 4.69) is 5.32 Å². The lowest BCUT2D eigenvalue weighted by molar-refractivity contribution is 0.0414. The number of hydrogen-bond donors (Lipinski definition) is 1. The van der Waals surface area contributed by atoms with E-state index in [1.165, 1.54) is 0 Å². The summed E-state index contributed by atoms with van der Waals surface area (Å²) in [6.45, 7) is 3.84. The van der Waals surface area contributed by atoms with Crippen LogP contribution in [0.3, 0.4) is 0 Å². The fourth-order valence-corrected chi connectivity index (χ4v) is 2.08. The van der Waals surface area contributed by atoms with Gasteiger partial charge in [0.2, 0.25) is 0 Å². The quantitative estimate of drug-likeness (QED) is 0.864. The van der Waals surface area contributed by atoms with Gasteiger partial charge in [-0.25, -0.2) is 4.79 Å². The highest BCUT2D eigenvalue weighted by atomic mass is 16.5. The van der Waals surface area contributed by atoms with Gasteiger partial charge >= 0.3 is 6.03 Å². The molecule has 1 aliphatic rings. The second kappa shape index (κ2) is 7.14. The number of methoxy groups -OCH3 is 1. The zero-order valence-corrected chi connectivity index (χ0v) is 12.0. The molecule has 1 aromatic rings. The summed E-state index contributed by atoms with van der Waals surface area (Å²) in [5, 5.41) is 2.88. The molecule has 2 rings (SSSR count). The van der Waals surface area contributed by atoms with Crippen LogP contribution < -0.4 is 10.1 Å². The molecule has 5 nitrogen and oxygen atoms in total. The number of nitrogens with zero attached hydrogens (tertiary/aromatic N) is 1. The molecule has 0 aromatic heterocycles. The van der Waals surface area contributed by atoms with Gasteiger partial charge in [-0.05, 0) is 18.6 Å². The predicted molar refractivity (Wildman–Crippen MR) is 76.9 cm³/mol. The van der Waals surface area contributed by atoms with Gasteiger partial charge in [0.05, 0.1) is 19.2 Å². The Bertz CT molecular complexity index is 414. The van der Waals surface area contributed by atoms with E-state index in [0.29, 0.717) is 19.6 Å². The fourth-order valence-electron chi connectivity index (χ4n) is 2.08. The number of benzene rings is 1. The van der Waals surface area contributed by atoms with Crippen molar-refractivity contribution in [3.8, 4) is 5.75 Å². The van der Waals surface area contributed by atoms with E-state index in [1.54, 1.807) is 12.0 Å². The van der Waals surface area contributed by atoms with Crippen LogP contribution in [0.1, 0.15) is 13.3 Å². The first-order valence-corrected chi connectivity index (χ1v) is 7.00. The maximum Gasteiger partial charge on any atom is 0.317 e. The third-order valence-corrected chi connectivity index (χ3v) is 3.45. The van der Waals surface area contributed by atoms with Gasteiger partial charge in [0.25, 0.3) is 0 Å². The third kappa shape index (κ3) is 3.87. The molecule has 2 amide bonds. The van der Waals surface area contributed by atoms with Gasteiger partial charge in [-0.1, -0.05) is 25.1 Å². The van der Waals surface area contributed by atoms with E-state index in [0.717, 1.165) is 12.2 Å². The van der Waals surface area contributed by atoms with E-state index >= 15 is 0 Å². The van der Waals surface area contributed by atoms with Gasteiger partial charge in [-0.3, -0.25) is 0 Å². The minimum absolute atomic E-state index is 0.0478. The second-order valence-corrected chi connectivity index (χ2v) is 4.91. The minimum Gasteiger partial charge on any atom is -0.487 e. The molecule has 0 saturated carbocycles. The van der Waals surface area contributed by atoms with E-state index in [9.17, 15) is 4.79 Å². The number of hydrogen-bond acceptors (Lipinski definition) is 3. The van der Waals surface area contributed by atoms with Crippen molar-refractivity contribution in [3.05, 3.63) is 30.3 Å². The van der Waals surface area contributed by atoms with Crippen LogP contribution in [0.25, 0.3) is 0 Å². The van der Waals surface area contributed by atoms with Crippen molar-refractivity contribution < 1.29 is 14.3 Å². The fraction of sp³-hybridized carbons (Fsp3) is 0.533. The largest absolute Gasteiger partial charge is 0.487 e. The van der Waals surface area contributed by atoms with Crippen LogP contribution in [0.4, 0.5) is 4.79 Å². The molecule has 0 radical (unpaired) electrons. The molecule has 1 saturated heterocycles. The molecule has 0 bridgehead atoms. The molecule has 110 valence electrons. The smallest absolute Gasteiger partial charge is 0.317 e. The van der Waals surface area contributed by atoms with Gasteiger partial charge in [0.15, 0.2) is 0 Å². The van der Waals surface area contributed by atoms with Gasteiger partial charge in [-0.15, -0.1) is 0 Å². The number of nitrogens with one attached hydrogen (secondary N) is 1. The highest BCUT2D eigenvalue weighted by molar-refractivity contribution is 5.75. The van der Waals surface area contributed by atoms with Crippen LogP contribution in [0.2, 0.25) is 0 Å². The van der Waals surface area contributed by atoms with Gasteiger partial charge < -0.3 is 19.7 Å². The van der Waals surface area contributed by atoms with E-state index < -0.39 is 0 Å². The molecular weight excluding hydrogens is 256 g/mol. The molecule has 1 aromatic carbocycles. The molecule has 5 heteroatoms. The van der Waals surface area contributed by atoms with E-state index in [1.807, 2.05) is 37.3 Å². The summed E-state index contributed by atoms with van der Waals surface area (Å²) in [4.78, 5) is 13.6. The van der Waals surface area contributed by atoms with Crippen molar-refractivity contribution in [2.24, 2.45) is 0 Å². The van der Waals surface area contributed by atoms with Crippen molar-refractivity contribution in [3.63, 3.8) is 0 Å². The molecule has 0 unspecified atom stereocenters. The first-order chi connectivity index (χ1) is 9.72. The average Bonchev–Trinajstić information content (AvgIpc) is 2.44. The molecule has 0 spiro atoms. The highest BCUT2D eigenvalue weighted by Crippen LogP contribution is 2.17. The number of carbonyl (C=O) groups is 1. The van der Waals surface area contributed by atoms with Crippen LogP contribution >= 0.6 is 0 Å². The van der Waals surface area contributed by atoms with Crippen molar-refractivity contribution in [2.75, 3.05) is 26.7 Å². The summed E-state index contributed by atoms with van der Waals surface area (Å²) in [5.41, 5.74) is 0. The summed E-state index contributed by atoms with van der Waals surface area (Å²) in [7, 11) is 1.66. The molecule has 1 N–H and O–H groups in total. The summed E-state index contributed by atoms with van der Waals surface area (Å²) < 4.78 is 11.0. The number of ether oxygens (including phenoxy) is 2. The molecular formula is C15H22N2O3. The van der Waals surface area contributed by atoms with Crippen LogP contribution in [-0.4, -0.2) is 49.9 Å². The van der Waals surface area contributed by atoms with Gasteiger partial charge in [0, 0.05) is 13.7 Å². The normalized spacial score (nSPS) is 16.4. The van der Waals surface area contributed by atoms with Crippen molar-refractivity contribution in [2.45, 2.75) is 25.6 Å². The molecule has 1 heterocycles. The lowest BCUT2D eigenvalue weighted by Crippen LogP contribution is -2.59. The molecule has 20 heavy (non-hydrogen) atoms. The Morgan fingerprint density at radius 1 is 1.40 bits per heavy atom. The Labute approximate surface area is 119 Å². The monoisotopic (exact) mass is 278 g/mol. The predicted octanol–water partition coefficient (Wildman–Crippen LogP) is 1.88. The Hall–Kier alpha value is -1.75. The zero-order valence-electron chi connectivity index (χ0n) is 12.0. The van der Waals surface area contributed by atoms with Gasteiger partial charge in [0.1, 0.15) is 11.9 Å². The number of likely N-dealkylation sites (tertiary alicyclic amines) is 1. The SMILES string of the molecule is CC[C@H](CNC(=O)N1CC(Oc2ccccc2)C1)OC. The van der Waals surface area contributed by atoms with E-state index in [4.69, 9.17) is 9.47 Å². The Morgan fingerprint density at radius 3 is 2.70 bits per heavy atom. The average molecular weight is 278 g/mol. The summed E-state index contributed by atoms with van der Waals surface area (Å²) >= 11 is 0. The minimum atomic E-state index is -0.0478. The number of urea groups is 1. The van der Waals surface area contributed by atoms with Gasteiger partial charge in [-0.2, -0.15) is 0 Å². The Balaban J connectivity index is 1.67. The molecule has 1 atom stereocenters. The summed E-state index contributed by atoms with van der Waals surface area (Å²) in [6.07, 6.45) is 1.06. The van der Waals surface area contributed by atoms with Crippen molar-refractivity contribution in [1.29, 1.82) is 0 Å².